The van der Waals surface area contributed by atoms with Crippen LogP contribution in [-0.4, -0.2) is 83.5 Å². The van der Waals surface area contributed by atoms with E-state index in [9.17, 15) is 19.2 Å². The van der Waals surface area contributed by atoms with Gasteiger partial charge in [0.25, 0.3) is 0 Å². The smallest absolute Gasteiger partial charge is 0.417 e. The fourth-order valence-corrected chi connectivity index (χ4v) is 3.22. The number of hydrogen-bond acceptors (Lipinski definition) is 10. The summed E-state index contributed by atoms with van der Waals surface area (Å²) >= 11 is 0. The Hall–Kier alpha value is -3.78. The van der Waals surface area contributed by atoms with Gasteiger partial charge in [0.15, 0.2) is 0 Å². The van der Waals surface area contributed by atoms with Crippen LogP contribution in [0, 0.1) is 0 Å². The first kappa shape index (κ1) is 41.4. The average Bonchev–Trinajstić information content (AvgIpc) is 2.88. The first-order valence-electron chi connectivity index (χ1n) is 14.2. The normalized spacial score (nSPS) is 12.2. The molecule has 17 heteroatoms. The minimum absolute atomic E-state index is 0.234. The summed E-state index contributed by atoms with van der Waals surface area (Å²) in [6, 6.07) is -1.79. The molecule has 0 aliphatic rings. The van der Waals surface area contributed by atoms with Gasteiger partial charge in [-0.3, -0.25) is 4.79 Å². The van der Waals surface area contributed by atoms with Crippen molar-refractivity contribution in [2.24, 2.45) is 21.7 Å². The Morgan fingerprint density at radius 2 is 1.37 bits per heavy atom. The van der Waals surface area contributed by atoms with Crippen LogP contribution in [0.25, 0.3) is 20.9 Å². The lowest BCUT2D eigenvalue weighted by molar-refractivity contribution is -0.139. The highest BCUT2D eigenvalue weighted by molar-refractivity contribution is 5.95. The molecule has 0 bridgehead atoms. The van der Waals surface area contributed by atoms with Gasteiger partial charge in [0.05, 0.1) is 6.04 Å². The number of amides is 3. The zero-order valence-corrected chi connectivity index (χ0v) is 26.3. The standard InChI is InChI=1S/C15H30N6O3.C11H20N4O4/c1-15(2,3)24-14(23)21(11-7-5-9-16)13(22)12(17)8-4-6-10-19-20-18;1-11(2,3)19-10(18)14-8(9(16)17)6-4-5-7-13-15-12/h12H,4-11,16-17H2,1-3H3;8H,4-7H2,1-3H3,(H,14,18)(H,16,17)/t12-;8-/m10/s1. The molecule has 43 heavy (non-hydrogen) atoms. The van der Waals surface area contributed by atoms with Gasteiger partial charge in [-0.2, -0.15) is 0 Å². The zero-order valence-electron chi connectivity index (χ0n) is 26.3. The molecule has 0 rings (SSSR count). The molecule has 0 aromatic rings. The molecule has 0 aliphatic heterocycles. The highest BCUT2D eigenvalue weighted by atomic mass is 16.6. The number of nitrogens with zero attached hydrogens (tertiary/aromatic N) is 7. The van der Waals surface area contributed by atoms with Crippen LogP contribution in [0.15, 0.2) is 10.2 Å². The molecule has 0 saturated carbocycles. The van der Waals surface area contributed by atoms with Gasteiger partial charge >= 0.3 is 18.2 Å². The number of unbranched alkanes of at least 4 members (excludes halogenated alkanes) is 3. The third-order valence-corrected chi connectivity index (χ3v) is 5.17. The number of azide groups is 2. The Kier molecular flexibility index (Phi) is 21.9. The van der Waals surface area contributed by atoms with Gasteiger partial charge in [0.2, 0.25) is 5.91 Å². The maximum Gasteiger partial charge on any atom is 0.417 e. The van der Waals surface area contributed by atoms with E-state index in [-0.39, 0.29) is 13.0 Å². The molecular weight excluding hydrogens is 564 g/mol. The van der Waals surface area contributed by atoms with E-state index < -0.39 is 47.3 Å². The lowest BCUT2D eigenvalue weighted by Crippen LogP contribution is -2.48. The average molecular weight is 615 g/mol. The summed E-state index contributed by atoms with van der Waals surface area (Å²) in [5.74, 6) is -1.57. The van der Waals surface area contributed by atoms with Crippen LogP contribution in [0.3, 0.4) is 0 Å². The number of nitrogens with two attached hydrogens (primary N) is 2. The molecule has 0 saturated heterocycles. The van der Waals surface area contributed by atoms with Crippen LogP contribution in [0.1, 0.15) is 92.9 Å². The van der Waals surface area contributed by atoms with Gasteiger partial charge in [-0.15, -0.1) is 0 Å². The molecule has 0 spiro atoms. The predicted molar refractivity (Wildman–Crippen MR) is 161 cm³/mol. The summed E-state index contributed by atoms with van der Waals surface area (Å²) in [4.78, 5) is 53.5. The summed E-state index contributed by atoms with van der Waals surface area (Å²) in [7, 11) is 0. The molecule has 0 aromatic heterocycles. The van der Waals surface area contributed by atoms with Gasteiger partial charge < -0.3 is 31.4 Å². The van der Waals surface area contributed by atoms with Crippen molar-refractivity contribution in [1.29, 1.82) is 0 Å². The highest BCUT2D eigenvalue weighted by Crippen LogP contribution is 2.13. The minimum atomic E-state index is -1.12. The number of carbonyl (C=O) groups excluding carboxylic acids is 3. The lowest BCUT2D eigenvalue weighted by atomic mass is 10.1. The third kappa shape index (κ3) is 24.5. The topological polar surface area (TPSA) is 272 Å². The van der Waals surface area contributed by atoms with E-state index in [4.69, 9.17) is 37.1 Å². The Bertz CT molecular complexity index is 953. The van der Waals surface area contributed by atoms with Crippen LogP contribution in [0.4, 0.5) is 9.59 Å². The fourth-order valence-electron chi connectivity index (χ4n) is 3.22. The number of aliphatic carboxylic acids is 1. The number of carboxylic acid groups (broad SMARTS) is 1. The number of hydrogen-bond donors (Lipinski definition) is 4. The molecule has 0 unspecified atom stereocenters. The molecule has 3 amide bonds. The Morgan fingerprint density at radius 1 is 0.860 bits per heavy atom. The molecule has 2 atom stereocenters. The number of rotatable bonds is 17. The minimum Gasteiger partial charge on any atom is -0.480 e. The number of carbonyl (C=O) groups is 4. The lowest BCUT2D eigenvalue weighted by Gasteiger charge is -2.28. The van der Waals surface area contributed by atoms with Crippen LogP contribution >= 0.6 is 0 Å². The molecule has 0 radical (unpaired) electrons. The molecule has 0 fully saturated rings. The number of imide groups is 1. The summed E-state index contributed by atoms with van der Waals surface area (Å²) in [5.41, 5.74) is 26.3. The van der Waals surface area contributed by atoms with Crippen molar-refractivity contribution in [2.75, 3.05) is 26.2 Å². The van der Waals surface area contributed by atoms with E-state index in [0.717, 1.165) is 4.90 Å². The monoisotopic (exact) mass is 614 g/mol. The second-order valence-electron chi connectivity index (χ2n) is 11.5. The van der Waals surface area contributed by atoms with Gasteiger partial charge in [-0.25, -0.2) is 19.3 Å². The quantitative estimate of drug-likeness (QED) is 0.0760. The van der Waals surface area contributed by atoms with Crippen molar-refractivity contribution < 1.29 is 33.8 Å². The van der Waals surface area contributed by atoms with E-state index >= 15 is 0 Å². The van der Waals surface area contributed by atoms with Crippen LogP contribution in [0.5, 0.6) is 0 Å². The second kappa shape index (κ2) is 22.8. The second-order valence-corrected chi connectivity index (χ2v) is 11.5. The maximum absolute atomic E-state index is 12.5. The van der Waals surface area contributed by atoms with Crippen LogP contribution < -0.4 is 16.8 Å². The van der Waals surface area contributed by atoms with E-state index in [1.54, 1.807) is 41.5 Å². The Morgan fingerprint density at radius 3 is 1.81 bits per heavy atom. The summed E-state index contributed by atoms with van der Waals surface area (Å²) in [6.45, 7) is 11.7. The summed E-state index contributed by atoms with van der Waals surface area (Å²) in [6.07, 6.45) is 2.92. The molecular formula is C26H50N10O7. The molecule has 0 aromatic carbocycles. The van der Waals surface area contributed by atoms with E-state index in [1.807, 2.05) is 0 Å². The SMILES string of the molecule is CC(C)(C)OC(=O)N(CCCCN)C(=O)[C@H](N)CCCCN=[N+]=[N-].CC(C)(C)OC(=O)N[C@@H](CCCCN=[N+]=[N-])C(=O)O. The maximum atomic E-state index is 12.5. The van der Waals surface area contributed by atoms with Crippen molar-refractivity contribution in [2.45, 2.75) is 116 Å². The first-order chi connectivity index (χ1) is 20.0. The number of ether oxygens (including phenoxy) is 2. The number of alkyl carbamates (subject to hydrolysis) is 1. The largest absolute Gasteiger partial charge is 0.480 e. The number of nitrogens with one attached hydrogen (secondary N) is 1. The fraction of sp³-hybridized carbons (Fsp3) is 0.846. The van der Waals surface area contributed by atoms with Crippen molar-refractivity contribution in [1.82, 2.24) is 10.2 Å². The summed E-state index contributed by atoms with van der Waals surface area (Å²) < 4.78 is 10.3. The van der Waals surface area contributed by atoms with E-state index in [1.165, 1.54) is 0 Å². The van der Waals surface area contributed by atoms with Gasteiger partial charge in [-0.1, -0.05) is 23.1 Å². The van der Waals surface area contributed by atoms with E-state index in [2.05, 4.69) is 25.4 Å². The Labute approximate surface area is 253 Å². The van der Waals surface area contributed by atoms with Crippen molar-refractivity contribution in [3.63, 3.8) is 0 Å². The van der Waals surface area contributed by atoms with Crippen LogP contribution in [0.2, 0.25) is 0 Å². The first-order valence-corrected chi connectivity index (χ1v) is 14.2. The van der Waals surface area contributed by atoms with Crippen molar-refractivity contribution in [3.05, 3.63) is 20.9 Å². The van der Waals surface area contributed by atoms with Crippen LogP contribution in [-0.2, 0) is 19.1 Å². The molecule has 0 aliphatic carbocycles. The Balaban J connectivity index is 0. The molecule has 17 nitrogen and oxygen atoms in total. The van der Waals surface area contributed by atoms with E-state index in [0.29, 0.717) is 64.6 Å². The van der Waals surface area contributed by atoms with Crippen molar-refractivity contribution >= 4 is 24.1 Å². The van der Waals surface area contributed by atoms with Crippen molar-refractivity contribution in [3.8, 4) is 0 Å². The number of carboxylic acids is 1. The van der Waals surface area contributed by atoms with Gasteiger partial charge in [0.1, 0.15) is 17.2 Å². The molecule has 246 valence electrons. The highest BCUT2D eigenvalue weighted by Gasteiger charge is 2.30. The molecule has 6 N–H and O–H groups in total. The van der Waals surface area contributed by atoms with Gasteiger partial charge in [-0.05, 0) is 97.7 Å². The van der Waals surface area contributed by atoms with Gasteiger partial charge in [0, 0.05) is 29.5 Å². The molecule has 0 heterocycles. The predicted octanol–water partition coefficient (Wildman–Crippen LogP) is 4.74. The summed E-state index contributed by atoms with van der Waals surface area (Å²) in [5, 5.41) is 18.0. The third-order valence-electron chi connectivity index (χ3n) is 5.17. The zero-order chi connectivity index (χ0) is 33.5.